The molecule has 0 amide bonds. The van der Waals surface area contributed by atoms with Gasteiger partial charge in [0, 0.05) is 6.07 Å². The summed E-state index contributed by atoms with van der Waals surface area (Å²) in [5.74, 6) is 0.991. The highest BCUT2D eigenvalue weighted by Crippen LogP contribution is 2.13. The number of rotatable bonds is 4. The average Bonchev–Trinajstić information content (AvgIpc) is 2.48. The quantitative estimate of drug-likeness (QED) is 0.755. The van der Waals surface area contributed by atoms with E-state index < -0.39 is 6.17 Å². The monoisotopic (exact) mass is 237 g/mol. The summed E-state index contributed by atoms with van der Waals surface area (Å²) in [6, 6.07) is 1.62. The van der Waals surface area contributed by atoms with Crippen LogP contribution >= 0.6 is 15.9 Å². The molecule has 12 heavy (non-hydrogen) atoms. The number of hydrogen-bond acceptors (Lipinski definition) is 3. The maximum Gasteiger partial charge on any atom is 0.254 e. The highest BCUT2D eigenvalue weighted by Gasteiger charge is 2.05. The minimum Gasteiger partial charge on any atom is -0.472 e. The molecule has 1 rings (SSSR count). The van der Waals surface area contributed by atoms with E-state index in [1.54, 1.807) is 6.07 Å². The molecule has 3 nitrogen and oxygen atoms in total. The van der Waals surface area contributed by atoms with Crippen LogP contribution in [0.5, 0.6) is 5.88 Å². The maximum atomic E-state index is 12.3. The fourth-order valence-electron chi connectivity index (χ4n) is 0.625. The molecule has 1 atom stereocenters. The molecular weight excluding hydrogens is 229 g/mol. The van der Waals surface area contributed by atoms with Crippen LogP contribution in [0.2, 0.25) is 0 Å². The van der Waals surface area contributed by atoms with E-state index in [1.807, 2.05) is 0 Å². The van der Waals surface area contributed by atoms with Gasteiger partial charge in [-0.2, -0.15) is 0 Å². The first-order valence-corrected chi connectivity index (χ1v) is 4.63. The molecule has 1 aromatic rings. The molecule has 0 saturated carbocycles. The lowest BCUT2D eigenvalue weighted by Gasteiger charge is -2.00. The Balaban J connectivity index is 2.41. The summed E-state index contributed by atoms with van der Waals surface area (Å²) >= 11 is 3.19. The van der Waals surface area contributed by atoms with Gasteiger partial charge >= 0.3 is 0 Å². The Bertz CT molecular complexity index is 239. The molecule has 1 heterocycles. The molecule has 0 saturated heterocycles. The predicted octanol–water partition coefficient (Wildman–Crippen LogP) is 2.31. The van der Waals surface area contributed by atoms with Crippen molar-refractivity contribution < 1.29 is 13.7 Å². The van der Waals surface area contributed by atoms with Gasteiger partial charge in [0.05, 0.1) is 5.33 Å². The molecule has 68 valence electrons. The Kier molecular flexibility index (Phi) is 3.52. The summed E-state index contributed by atoms with van der Waals surface area (Å²) in [5.41, 5.74) is 0. The van der Waals surface area contributed by atoms with E-state index >= 15 is 0 Å². The van der Waals surface area contributed by atoms with Crippen LogP contribution in [-0.2, 0) is 5.33 Å². The van der Waals surface area contributed by atoms with Crippen molar-refractivity contribution in [2.75, 3.05) is 6.61 Å². The van der Waals surface area contributed by atoms with Crippen molar-refractivity contribution in [1.29, 1.82) is 0 Å². The molecule has 0 aromatic carbocycles. The van der Waals surface area contributed by atoms with E-state index in [1.165, 1.54) is 6.92 Å². The van der Waals surface area contributed by atoms with Gasteiger partial charge in [0.15, 0.2) is 5.76 Å². The summed E-state index contributed by atoms with van der Waals surface area (Å²) in [6.07, 6.45) is -0.992. The fourth-order valence-corrected chi connectivity index (χ4v) is 0.889. The Morgan fingerprint density at radius 3 is 3.08 bits per heavy atom. The van der Waals surface area contributed by atoms with Crippen LogP contribution in [0, 0.1) is 0 Å². The number of ether oxygens (including phenoxy) is 1. The number of nitrogens with zero attached hydrogens (tertiary/aromatic N) is 1. The number of hydrogen-bond donors (Lipinski definition) is 0. The van der Waals surface area contributed by atoms with Gasteiger partial charge in [0.25, 0.3) is 5.88 Å². The number of alkyl halides is 2. The number of aromatic nitrogens is 1. The lowest BCUT2D eigenvalue weighted by molar-refractivity contribution is 0.195. The molecule has 5 heteroatoms. The molecule has 0 spiro atoms. The van der Waals surface area contributed by atoms with Crippen LogP contribution in [0.25, 0.3) is 0 Å². The van der Waals surface area contributed by atoms with Gasteiger partial charge in [-0.3, -0.25) is 0 Å². The molecular formula is C7H9BrFNO2. The van der Waals surface area contributed by atoms with Crippen LogP contribution in [-0.4, -0.2) is 17.9 Å². The number of halogens is 2. The van der Waals surface area contributed by atoms with E-state index in [-0.39, 0.29) is 6.61 Å². The summed E-state index contributed by atoms with van der Waals surface area (Å²) in [7, 11) is 0. The van der Waals surface area contributed by atoms with Gasteiger partial charge in [-0.1, -0.05) is 15.9 Å². The molecule has 0 N–H and O–H groups in total. The van der Waals surface area contributed by atoms with Crippen molar-refractivity contribution in [3.63, 3.8) is 0 Å². The normalized spacial score (nSPS) is 12.9. The Morgan fingerprint density at radius 1 is 1.83 bits per heavy atom. The second kappa shape index (κ2) is 4.45. The first-order valence-electron chi connectivity index (χ1n) is 3.51. The van der Waals surface area contributed by atoms with Crippen molar-refractivity contribution in [3.05, 3.63) is 11.8 Å². The van der Waals surface area contributed by atoms with E-state index in [0.717, 1.165) is 0 Å². The van der Waals surface area contributed by atoms with Gasteiger partial charge in [0.2, 0.25) is 0 Å². The molecule has 0 fully saturated rings. The highest BCUT2D eigenvalue weighted by atomic mass is 79.9. The third kappa shape index (κ3) is 2.81. The summed E-state index contributed by atoms with van der Waals surface area (Å²) in [5, 5.41) is 4.14. The summed E-state index contributed by atoms with van der Waals surface area (Å²) < 4.78 is 22.0. The lowest BCUT2D eigenvalue weighted by atomic mass is 10.5. The Labute approximate surface area is 78.0 Å². The molecule has 0 radical (unpaired) electrons. The molecule has 1 aromatic heterocycles. The van der Waals surface area contributed by atoms with E-state index in [2.05, 4.69) is 21.1 Å². The largest absolute Gasteiger partial charge is 0.472 e. The highest BCUT2D eigenvalue weighted by molar-refractivity contribution is 9.08. The van der Waals surface area contributed by atoms with Crippen LogP contribution < -0.4 is 4.74 Å². The van der Waals surface area contributed by atoms with E-state index in [0.29, 0.717) is 17.0 Å². The predicted molar refractivity (Wildman–Crippen MR) is 45.2 cm³/mol. The Morgan fingerprint density at radius 2 is 2.58 bits per heavy atom. The first kappa shape index (κ1) is 9.51. The maximum absolute atomic E-state index is 12.3. The molecule has 0 bridgehead atoms. The van der Waals surface area contributed by atoms with Gasteiger partial charge in [-0.25, -0.2) is 4.39 Å². The zero-order valence-electron chi connectivity index (χ0n) is 6.59. The first-order chi connectivity index (χ1) is 5.72. The van der Waals surface area contributed by atoms with Gasteiger partial charge in [-0.15, -0.1) is 0 Å². The topological polar surface area (TPSA) is 35.3 Å². The second-order valence-electron chi connectivity index (χ2n) is 2.36. The van der Waals surface area contributed by atoms with E-state index in [9.17, 15) is 4.39 Å². The molecule has 0 aliphatic carbocycles. The smallest absolute Gasteiger partial charge is 0.254 e. The third-order valence-corrected chi connectivity index (χ3v) is 1.68. The minimum atomic E-state index is -0.992. The summed E-state index contributed by atoms with van der Waals surface area (Å²) in [4.78, 5) is 0. The van der Waals surface area contributed by atoms with Crippen LogP contribution in [0.4, 0.5) is 4.39 Å². The van der Waals surface area contributed by atoms with Crippen molar-refractivity contribution in [2.24, 2.45) is 0 Å². The van der Waals surface area contributed by atoms with Crippen molar-refractivity contribution >= 4 is 15.9 Å². The van der Waals surface area contributed by atoms with Gasteiger partial charge in [-0.05, 0) is 12.1 Å². The van der Waals surface area contributed by atoms with Crippen molar-refractivity contribution in [3.8, 4) is 5.88 Å². The zero-order valence-corrected chi connectivity index (χ0v) is 8.17. The van der Waals surface area contributed by atoms with Crippen LogP contribution in [0.15, 0.2) is 10.6 Å². The van der Waals surface area contributed by atoms with Crippen molar-refractivity contribution in [2.45, 2.75) is 18.4 Å². The molecule has 0 aliphatic heterocycles. The average molecular weight is 238 g/mol. The van der Waals surface area contributed by atoms with Gasteiger partial charge < -0.3 is 9.26 Å². The Hall–Kier alpha value is -0.580. The SMILES string of the molecule is CC(F)COc1cc(CBr)on1. The second-order valence-corrected chi connectivity index (χ2v) is 2.92. The summed E-state index contributed by atoms with van der Waals surface area (Å²) in [6.45, 7) is 1.43. The molecule has 0 aliphatic rings. The minimum absolute atomic E-state index is 0.00819. The van der Waals surface area contributed by atoms with Gasteiger partial charge in [0.1, 0.15) is 12.8 Å². The van der Waals surface area contributed by atoms with Crippen LogP contribution in [0.1, 0.15) is 12.7 Å². The van der Waals surface area contributed by atoms with E-state index in [4.69, 9.17) is 9.26 Å². The fraction of sp³-hybridized carbons (Fsp3) is 0.571. The lowest BCUT2D eigenvalue weighted by Crippen LogP contribution is -2.08. The third-order valence-electron chi connectivity index (χ3n) is 1.13. The zero-order chi connectivity index (χ0) is 8.97. The standard InChI is InChI=1S/C7H9BrFNO2/c1-5(9)4-11-7-2-6(3-8)12-10-7/h2,5H,3-4H2,1H3. The van der Waals surface area contributed by atoms with Crippen molar-refractivity contribution in [1.82, 2.24) is 5.16 Å². The van der Waals surface area contributed by atoms with Crippen LogP contribution in [0.3, 0.4) is 0 Å². The molecule has 1 unspecified atom stereocenters.